The van der Waals surface area contributed by atoms with Crippen LogP contribution < -0.4 is 5.32 Å². The van der Waals surface area contributed by atoms with E-state index in [0.717, 1.165) is 6.42 Å². The summed E-state index contributed by atoms with van der Waals surface area (Å²) in [4.78, 5) is 25.8. The highest BCUT2D eigenvalue weighted by atomic mass is 16.5. The fourth-order valence-corrected chi connectivity index (χ4v) is 2.29. The number of carbonyl (C=O) groups is 2. The molecular formula is C13H24N2O3. The summed E-state index contributed by atoms with van der Waals surface area (Å²) < 4.78 is 5.08. The minimum Gasteiger partial charge on any atom is -0.384 e. The molecule has 2 amide bonds. The van der Waals surface area contributed by atoms with E-state index in [4.69, 9.17) is 4.74 Å². The van der Waals surface area contributed by atoms with Gasteiger partial charge in [0.2, 0.25) is 11.8 Å². The second-order valence-corrected chi connectivity index (χ2v) is 5.08. The first-order chi connectivity index (χ1) is 8.51. The standard InChI is InChI=1S/C13H24N2O3/c1-5-6-11-13(17)15(7-9(2)8-18-4)10(3)12(16)14-11/h9-11H,5-8H2,1-4H3,(H,14,16). The number of carbonyl (C=O) groups excluding carboxylic acids is 2. The van der Waals surface area contributed by atoms with Crippen LogP contribution in [-0.4, -0.2) is 49.1 Å². The van der Waals surface area contributed by atoms with Gasteiger partial charge in [0.25, 0.3) is 0 Å². The van der Waals surface area contributed by atoms with Crippen molar-refractivity contribution in [2.24, 2.45) is 5.92 Å². The quantitative estimate of drug-likeness (QED) is 0.764. The van der Waals surface area contributed by atoms with Crippen LogP contribution in [-0.2, 0) is 14.3 Å². The molecule has 18 heavy (non-hydrogen) atoms. The monoisotopic (exact) mass is 256 g/mol. The van der Waals surface area contributed by atoms with Crippen LogP contribution in [0.25, 0.3) is 0 Å². The predicted octanol–water partition coefficient (Wildman–Crippen LogP) is 0.784. The van der Waals surface area contributed by atoms with Crippen LogP contribution in [0.15, 0.2) is 0 Å². The lowest BCUT2D eigenvalue weighted by Crippen LogP contribution is -2.63. The van der Waals surface area contributed by atoms with Gasteiger partial charge in [-0.25, -0.2) is 0 Å². The second kappa shape index (κ2) is 6.73. The van der Waals surface area contributed by atoms with E-state index >= 15 is 0 Å². The normalized spacial score (nSPS) is 26.1. The van der Waals surface area contributed by atoms with Gasteiger partial charge >= 0.3 is 0 Å². The summed E-state index contributed by atoms with van der Waals surface area (Å²) >= 11 is 0. The Morgan fingerprint density at radius 3 is 2.67 bits per heavy atom. The second-order valence-electron chi connectivity index (χ2n) is 5.08. The first-order valence-electron chi connectivity index (χ1n) is 6.61. The third-order valence-corrected chi connectivity index (χ3v) is 3.28. The zero-order chi connectivity index (χ0) is 13.7. The first kappa shape index (κ1) is 15.0. The van der Waals surface area contributed by atoms with Crippen molar-refractivity contribution in [1.82, 2.24) is 10.2 Å². The smallest absolute Gasteiger partial charge is 0.245 e. The average molecular weight is 256 g/mol. The average Bonchev–Trinajstić information content (AvgIpc) is 2.32. The van der Waals surface area contributed by atoms with Crippen molar-refractivity contribution in [3.05, 3.63) is 0 Å². The van der Waals surface area contributed by atoms with Crippen molar-refractivity contribution in [3.8, 4) is 0 Å². The number of ether oxygens (including phenoxy) is 1. The molecule has 104 valence electrons. The van der Waals surface area contributed by atoms with Crippen LogP contribution in [0, 0.1) is 5.92 Å². The summed E-state index contributed by atoms with van der Waals surface area (Å²) in [6.07, 6.45) is 1.58. The van der Waals surface area contributed by atoms with Crippen LogP contribution in [0.5, 0.6) is 0 Å². The Bertz CT molecular complexity index is 307. The predicted molar refractivity (Wildman–Crippen MR) is 69.1 cm³/mol. The molecule has 3 atom stereocenters. The van der Waals surface area contributed by atoms with Crippen LogP contribution >= 0.6 is 0 Å². The zero-order valence-electron chi connectivity index (χ0n) is 11.7. The van der Waals surface area contributed by atoms with E-state index in [-0.39, 0.29) is 29.8 Å². The minimum absolute atomic E-state index is 0.0342. The maximum absolute atomic E-state index is 12.3. The van der Waals surface area contributed by atoms with Crippen molar-refractivity contribution in [2.45, 2.75) is 45.7 Å². The van der Waals surface area contributed by atoms with Crippen molar-refractivity contribution in [1.29, 1.82) is 0 Å². The van der Waals surface area contributed by atoms with Gasteiger partial charge in [-0.2, -0.15) is 0 Å². The summed E-state index contributed by atoms with van der Waals surface area (Å²) in [7, 11) is 1.64. The molecule has 1 N–H and O–H groups in total. The van der Waals surface area contributed by atoms with Gasteiger partial charge in [0.15, 0.2) is 0 Å². The molecule has 0 bridgehead atoms. The van der Waals surface area contributed by atoms with Crippen molar-refractivity contribution in [2.75, 3.05) is 20.3 Å². The van der Waals surface area contributed by atoms with Gasteiger partial charge in [0, 0.05) is 13.7 Å². The Morgan fingerprint density at radius 1 is 1.44 bits per heavy atom. The number of hydrogen-bond donors (Lipinski definition) is 1. The van der Waals surface area contributed by atoms with Gasteiger partial charge < -0.3 is 15.0 Å². The highest BCUT2D eigenvalue weighted by Crippen LogP contribution is 2.15. The van der Waals surface area contributed by atoms with E-state index in [9.17, 15) is 9.59 Å². The largest absolute Gasteiger partial charge is 0.384 e. The molecule has 0 saturated carbocycles. The Labute approximate surface area is 109 Å². The number of nitrogens with zero attached hydrogens (tertiary/aromatic N) is 1. The molecule has 1 fully saturated rings. The van der Waals surface area contributed by atoms with Crippen molar-refractivity contribution < 1.29 is 14.3 Å². The van der Waals surface area contributed by atoms with Gasteiger partial charge in [0.05, 0.1) is 6.61 Å². The zero-order valence-corrected chi connectivity index (χ0v) is 11.7. The number of amides is 2. The molecule has 1 aliphatic heterocycles. The topological polar surface area (TPSA) is 58.6 Å². The third kappa shape index (κ3) is 3.45. The minimum atomic E-state index is -0.384. The summed E-state index contributed by atoms with van der Waals surface area (Å²) in [6, 6.07) is -0.738. The molecule has 1 aliphatic rings. The van der Waals surface area contributed by atoms with Gasteiger partial charge in [-0.3, -0.25) is 9.59 Å². The summed E-state index contributed by atoms with van der Waals surface area (Å²) in [5.41, 5.74) is 0. The molecule has 3 unspecified atom stereocenters. The lowest BCUT2D eigenvalue weighted by Gasteiger charge is -2.38. The molecule has 1 rings (SSSR count). The summed E-state index contributed by atoms with van der Waals surface area (Å²) in [5.74, 6) is 0.208. The maximum atomic E-state index is 12.3. The van der Waals surface area contributed by atoms with Crippen molar-refractivity contribution in [3.63, 3.8) is 0 Å². The highest BCUT2D eigenvalue weighted by molar-refractivity contribution is 5.96. The summed E-state index contributed by atoms with van der Waals surface area (Å²) in [6.45, 7) is 6.97. The van der Waals surface area contributed by atoms with Gasteiger partial charge in [-0.1, -0.05) is 20.3 Å². The van der Waals surface area contributed by atoms with Crippen LogP contribution in [0.1, 0.15) is 33.6 Å². The molecule has 1 heterocycles. The fraction of sp³-hybridized carbons (Fsp3) is 0.846. The molecule has 5 heteroatoms. The number of hydrogen-bond acceptors (Lipinski definition) is 3. The van der Waals surface area contributed by atoms with Gasteiger partial charge in [-0.15, -0.1) is 0 Å². The molecule has 0 radical (unpaired) electrons. The first-order valence-corrected chi connectivity index (χ1v) is 6.61. The maximum Gasteiger partial charge on any atom is 0.245 e. The fourth-order valence-electron chi connectivity index (χ4n) is 2.29. The highest BCUT2D eigenvalue weighted by Gasteiger charge is 2.37. The number of piperazine rings is 1. The Balaban J connectivity index is 2.72. The van der Waals surface area contributed by atoms with Gasteiger partial charge in [-0.05, 0) is 19.3 Å². The molecule has 5 nitrogen and oxygen atoms in total. The lowest BCUT2D eigenvalue weighted by atomic mass is 10.0. The third-order valence-electron chi connectivity index (χ3n) is 3.28. The lowest BCUT2D eigenvalue weighted by molar-refractivity contribution is -0.149. The van der Waals surface area contributed by atoms with Crippen LogP contribution in [0.4, 0.5) is 0 Å². The molecule has 0 aromatic carbocycles. The molecular weight excluding hydrogens is 232 g/mol. The number of rotatable bonds is 6. The van der Waals surface area contributed by atoms with Crippen LogP contribution in [0.3, 0.4) is 0 Å². The Hall–Kier alpha value is -1.10. The van der Waals surface area contributed by atoms with E-state index < -0.39 is 0 Å². The molecule has 1 saturated heterocycles. The Morgan fingerprint density at radius 2 is 2.11 bits per heavy atom. The van der Waals surface area contributed by atoms with Gasteiger partial charge in [0.1, 0.15) is 12.1 Å². The SMILES string of the molecule is CCCC1NC(=O)C(C)N(CC(C)COC)C1=O. The van der Waals surface area contributed by atoms with E-state index in [1.54, 1.807) is 18.9 Å². The van der Waals surface area contributed by atoms with E-state index in [1.165, 1.54) is 0 Å². The number of methoxy groups -OCH3 is 1. The summed E-state index contributed by atoms with van der Waals surface area (Å²) in [5, 5.41) is 2.79. The number of nitrogens with one attached hydrogen (secondary N) is 1. The van der Waals surface area contributed by atoms with Crippen LogP contribution in [0.2, 0.25) is 0 Å². The van der Waals surface area contributed by atoms with E-state index in [2.05, 4.69) is 5.32 Å². The molecule has 0 spiro atoms. The van der Waals surface area contributed by atoms with E-state index in [0.29, 0.717) is 19.6 Å². The van der Waals surface area contributed by atoms with E-state index in [1.807, 2.05) is 13.8 Å². The molecule has 0 aromatic rings. The Kier molecular flexibility index (Phi) is 5.59. The molecule has 0 aliphatic carbocycles. The molecule has 0 aromatic heterocycles. The van der Waals surface area contributed by atoms with Crippen molar-refractivity contribution >= 4 is 11.8 Å².